The summed E-state index contributed by atoms with van der Waals surface area (Å²) in [6, 6.07) is 9.57. The summed E-state index contributed by atoms with van der Waals surface area (Å²) in [5.74, 6) is 1.38. The van der Waals surface area contributed by atoms with Gasteiger partial charge in [0.15, 0.2) is 0 Å². The number of carbonyl (C=O) groups excluding carboxylic acids is 1. The summed E-state index contributed by atoms with van der Waals surface area (Å²) in [5, 5.41) is 2.03. The number of methoxy groups -OCH3 is 2. The minimum atomic E-state index is -0.0382. The van der Waals surface area contributed by atoms with E-state index >= 15 is 0 Å². The molecule has 2 heterocycles. The second-order valence-electron chi connectivity index (χ2n) is 6.37. The Morgan fingerprint density at radius 1 is 1.33 bits per heavy atom. The molecular formula is C21H25NO4S. The lowest BCUT2D eigenvalue weighted by Gasteiger charge is -2.24. The van der Waals surface area contributed by atoms with Crippen molar-refractivity contribution in [1.82, 2.24) is 4.90 Å². The van der Waals surface area contributed by atoms with E-state index in [-0.39, 0.29) is 12.0 Å². The maximum absolute atomic E-state index is 12.9. The maximum Gasteiger partial charge on any atom is 0.246 e. The van der Waals surface area contributed by atoms with Crippen molar-refractivity contribution in [2.45, 2.75) is 25.5 Å². The van der Waals surface area contributed by atoms with Crippen LogP contribution >= 0.6 is 11.3 Å². The molecule has 1 aliphatic rings. The van der Waals surface area contributed by atoms with Gasteiger partial charge in [-0.3, -0.25) is 4.79 Å². The third-order valence-electron chi connectivity index (χ3n) is 4.53. The van der Waals surface area contributed by atoms with Crippen LogP contribution in [-0.2, 0) is 16.1 Å². The Hall–Kier alpha value is -2.31. The number of nitrogens with zero attached hydrogens (tertiary/aromatic N) is 1. The van der Waals surface area contributed by atoms with Gasteiger partial charge in [0, 0.05) is 29.7 Å². The van der Waals surface area contributed by atoms with Gasteiger partial charge in [-0.05, 0) is 48.6 Å². The Kier molecular flexibility index (Phi) is 6.90. The first-order chi connectivity index (χ1) is 13.2. The van der Waals surface area contributed by atoms with Gasteiger partial charge in [0.05, 0.1) is 26.9 Å². The molecule has 27 heavy (non-hydrogen) atoms. The topological polar surface area (TPSA) is 48.0 Å². The van der Waals surface area contributed by atoms with E-state index in [0.29, 0.717) is 18.8 Å². The van der Waals surface area contributed by atoms with Crippen molar-refractivity contribution in [3.63, 3.8) is 0 Å². The summed E-state index contributed by atoms with van der Waals surface area (Å²) in [7, 11) is 3.23. The van der Waals surface area contributed by atoms with E-state index in [2.05, 4.69) is 6.07 Å². The van der Waals surface area contributed by atoms with Gasteiger partial charge < -0.3 is 19.1 Å². The third kappa shape index (κ3) is 5.34. The highest BCUT2D eigenvalue weighted by atomic mass is 32.1. The van der Waals surface area contributed by atoms with E-state index in [4.69, 9.17) is 14.2 Å². The van der Waals surface area contributed by atoms with Crippen LogP contribution in [0.5, 0.6) is 11.5 Å². The number of hydrogen-bond acceptors (Lipinski definition) is 5. The Bertz CT molecular complexity index is 766. The number of rotatable bonds is 8. The summed E-state index contributed by atoms with van der Waals surface area (Å²) in [6.07, 6.45) is 5.55. The third-order valence-corrected chi connectivity index (χ3v) is 5.39. The number of hydrogen-bond donors (Lipinski definition) is 0. The summed E-state index contributed by atoms with van der Waals surface area (Å²) in [5.41, 5.74) is 0.804. The number of amides is 1. The minimum absolute atomic E-state index is 0.0382. The summed E-state index contributed by atoms with van der Waals surface area (Å²) < 4.78 is 16.4. The lowest BCUT2D eigenvalue weighted by atomic mass is 10.1. The predicted octanol–water partition coefficient (Wildman–Crippen LogP) is 3.99. The van der Waals surface area contributed by atoms with Gasteiger partial charge in [-0.25, -0.2) is 0 Å². The smallest absolute Gasteiger partial charge is 0.246 e. The fourth-order valence-electron chi connectivity index (χ4n) is 3.09. The Morgan fingerprint density at radius 3 is 2.89 bits per heavy atom. The fraction of sp³-hybridized carbons (Fsp3) is 0.381. The molecule has 0 N–H and O–H groups in total. The molecule has 0 saturated carbocycles. The van der Waals surface area contributed by atoms with E-state index in [9.17, 15) is 4.79 Å². The van der Waals surface area contributed by atoms with Crippen molar-refractivity contribution in [2.75, 3.05) is 27.4 Å². The van der Waals surface area contributed by atoms with Crippen molar-refractivity contribution >= 4 is 23.3 Å². The SMILES string of the molecule is COc1ccc(OC)c(/C=C/C(=O)N(Cc2cccs2)CC2CCCO2)c1. The molecule has 1 unspecified atom stereocenters. The predicted molar refractivity (Wildman–Crippen MR) is 107 cm³/mol. The number of carbonyl (C=O) groups is 1. The lowest BCUT2D eigenvalue weighted by molar-refractivity contribution is -0.128. The molecule has 0 bridgehead atoms. The standard InChI is InChI=1S/C21H25NO4S/c1-24-17-8-9-20(25-2)16(13-17)7-10-21(23)22(14-18-5-3-11-26-18)15-19-6-4-12-27-19/h4,6-10,12-13,18H,3,5,11,14-15H2,1-2H3/b10-7+. The molecule has 0 radical (unpaired) electrons. The average Bonchev–Trinajstić information content (AvgIpc) is 3.39. The molecule has 1 aliphatic heterocycles. The Labute approximate surface area is 164 Å². The van der Waals surface area contributed by atoms with Crippen molar-refractivity contribution in [2.24, 2.45) is 0 Å². The van der Waals surface area contributed by atoms with Gasteiger partial charge in [-0.1, -0.05) is 6.07 Å². The van der Waals surface area contributed by atoms with Crippen molar-refractivity contribution in [1.29, 1.82) is 0 Å². The van der Waals surface area contributed by atoms with Crippen LogP contribution in [0.25, 0.3) is 6.08 Å². The van der Waals surface area contributed by atoms with Crippen LogP contribution < -0.4 is 9.47 Å². The molecule has 1 saturated heterocycles. The molecule has 5 nitrogen and oxygen atoms in total. The van der Waals surface area contributed by atoms with Crippen LogP contribution in [0.3, 0.4) is 0 Å². The molecular weight excluding hydrogens is 362 g/mol. The molecule has 2 aromatic rings. The zero-order valence-electron chi connectivity index (χ0n) is 15.7. The van der Waals surface area contributed by atoms with Crippen molar-refractivity contribution in [3.05, 3.63) is 52.2 Å². The molecule has 144 valence electrons. The fourth-order valence-corrected chi connectivity index (χ4v) is 3.81. The van der Waals surface area contributed by atoms with Gasteiger partial charge >= 0.3 is 0 Å². The van der Waals surface area contributed by atoms with E-state index in [1.807, 2.05) is 34.5 Å². The second kappa shape index (κ2) is 9.58. The summed E-state index contributed by atoms with van der Waals surface area (Å²) in [4.78, 5) is 15.9. The van der Waals surface area contributed by atoms with E-state index < -0.39 is 0 Å². The van der Waals surface area contributed by atoms with Crippen molar-refractivity contribution in [3.8, 4) is 11.5 Å². The van der Waals surface area contributed by atoms with Gasteiger partial charge in [0.2, 0.25) is 5.91 Å². The number of thiophene rings is 1. The number of benzene rings is 1. The molecule has 3 rings (SSSR count). The highest BCUT2D eigenvalue weighted by Crippen LogP contribution is 2.25. The molecule has 1 aromatic carbocycles. The molecule has 1 amide bonds. The van der Waals surface area contributed by atoms with Gasteiger partial charge in [0.25, 0.3) is 0 Å². The zero-order chi connectivity index (χ0) is 19.1. The van der Waals surface area contributed by atoms with Crippen LogP contribution in [0.1, 0.15) is 23.3 Å². The van der Waals surface area contributed by atoms with E-state index in [0.717, 1.165) is 35.6 Å². The van der Waals surface area contributed by atoms with E-state index in [1.165, 1.54) is 0 Å². The van der Waals surface area contributed by atoms with Gasteiger partial charge in [0.1, 0.15) is 11.5 Å². The first-order valence-corrected chi connectivity index (χ1v) is 9.90. The van der Waals surface area contributed by atoms with Gasteiger partial charge in [-0.2, -0.15) is 0 Å². The quantitative estimate of drug-likeness (QED) is 0.643. The van der Waals surface area contributed by atoms with Crippen molar-refractivity contribution < 1.29 is 19.0 Å². The zero-order valence-corrected chi connectivity index (χ0v) is 16.5. The molecule has 0 aliphatic carbocycles. The van der Waals surface area contributed by atoms with Crippen LogP contribution in [0.2, 0.25) is 0 Å². The molecule has 6 heteroatoms. The molecule has 1 aromatic heterocycles. The largest absolute Gasteiger partial charge is 0.497 e. The van der Waals surface area contributed by atoms with Gasteiger partial charge in [-0.15, -0.1) is 11.3 Å². The lowest BCUT2D eigenvalue weighted by Crippen LogP contribution is -2.35. The van der Waals surface area contributed by atoms with E-state index in [1.54, 1.807) is 37.7 Å². The van der Waals surface area contributed by atoms with Crippen LogP contribution in [0.15, 0.2) is 41.8 Å². The first kappa shape index (κ1) is 19.5. The molecule has 1 atom stereocenters. The summed E-state index contributed by atoms with van der Waals surface area (Å²) >= 11 is 1.66. The minimum Gasteiger partial charge on any atom is -0.497 e. The highest BCUT2D eigenvalue weighted by molar-refractivity contribution is 7.09. The summed E-state index contributed by atoms with van der Waals surface area (Å²) in [6.45, 7) is 1.98. The Balaban J connectivity index is 1.75. The average molecular weight is 388 g/mol. The van der Waals surface area contributed by atoms with Crippen LogP contribution in [-0.4, -0.2) is 44.3 Å². The van der Waals surface area contributed by atoms with Crippen LogP contribution in [0, 0.1) is 0 Å². The molecule has 1 fully saturated rings. The maximum atomic E-state index is 12.9. The highest BCUT2D eigenvalue weighted by Gasteiger charge is 2.22. The first-order valence-electron chi connectivity index (χ1n) is 9.02. The number of ether oxygens (including phenoxy) is 3. The van der Waals surface area contributed by atoms with Crippen LogP contribution in [0.4, 0.5) is 0 Å². The Morgan fingerprint density at radius 2 is 2.22 bits per heavy atom. The second-order valence-corrected chi connectivity index (χ2v) is 7.41. The normalized spacial score (nSPS) is 16.6. The molecule has 0 spiro atoms. The monoisotopic (exact) mass is 387 g/mol.